The van der Waals surface area contributed by atoms with Gasteiger partial charge >= 0.3 is 15.4 Å². The van der Waals surface area contributed by atoms with Crippen LogP contribution in [0.2, 0.25) is 0 Å². The average Bonchev–Trinajstić information content (AvgIpc) is 2.95. The second kappa shape index (κ2) is 10.1. The Morgan fingerprint density at radius 3 is 2.48 bits per heavy atom. The Bertz CT molecular complexity index is 1030. The van der Waals surface area contributed by atoms with Gasteiger partial charge in [0.25, 0.3) is 5.01 Å². The van der Waals surface area contributed by atoms with E-state index in [9.17, 15) is 19.1 Å². The van der Waals surface area contributed by atoms with E-state index in [0.717, 1.165) is 12.1 Å². The zero-order valence-corrected chi connectivity index (χ0v) is 20.4. The van der Waals surface area contributed by atoms with E-state index in [2.05, 4.69) is 14.3 Å². The molecule has 0 aliphatic rings. The van der Waals surface area contributed by atoms with Gasteiger partial charge in [-0.05, 0) is 19.3 Å². The van der Waals surface area contributed by atoms with Gasteiger partial charge in [-0.15, -0.1) is 0 Å². The number of nitrogens with zero attached hydrogens (tertiary/aromatic N) is 3. The molecule has 0 saturated carbocycles. The van der Waals surface area contributed by atoms with Crippen molar-refractivity contribution < 1.29 is 37.8 Å². The summed E-state index contributed by atoms with van der Waals surface area (Å²) in [6, 6.07) is 0. The minimum atomic E-state index is -5.10. The maximum absolute atomic E-state index is 12.0. The molecule has 0 saturated heterocycles. The Morgan fingerprint density at radius 2 is 1.94 bits per heavy atom. The lowest BCUT2D eigenvalue weighted by Gasteiger charge is -2.13. The smallest absolute Gasteiger partial charge is 0.383 e. The van der Waals surface area contributed by atoms with Gasteiger partial charge in [-0.25, -0.2) is 18.8 Å². The molecule has 2 aromatic rings. The third-order valence-electron chi connectivity index (χ3n) is 4.94. The maximum Gasteiger partial charge on any atom is 0.476 e. The van der Waals surface area contributed by atoms with Gasteiger partial charge in [0.15, 0.2) is 18.3 Å². The van der Waals surface area contributed by atoms with Crippen LogP contribution in [0.5, 0.6) is 0 Å². The van der Waals surface area contributed by atoms with Crippen molar-refractivity contribution in [3.05, 3.63) is 33.2 Å². The molecule has 0 aliphatic heterocycles. The Kier molecular flexibility index (Phi) is 8.52. The van der Waals surface area contributed by atoms with E-state index < -0.39 is 27.7 Å². The van der Waals surface area contributed by atoms with Crippen molar-refractivity contribution >= 4 is 32.6 Å². The highest BCUT2D eigenvalue weighted by atomic mass is 32.1. The first kappa shape index (κ1) is 26.0. The number of aliphatic hydroxyl groups excluding tert-OH is 1. The zero-order chi connectivity index (χ0) is 23.6. The number of aliphatic hydroxyl groups is 1. The highest BCUT2D eigenvalue weighted by Crippen LogP contribution is 2.57. The molecule has 31 heavy (non-hydrogen) atoms. The average molecular weight is 495 g/mol. The molecular formula is C17H29N4O7P2S+. The van der Waals surface area contributed by atoms with Crippen molar-refractivity contribution in [2.45, 2.75) is 53.2 Å². The maximum atomic E-state index is 12.0. The molecule has 2 aromatic heterocycles. The lowest BCUT2D eigenvalue weighted by molar-refractivity contribution is -0.700. The number of nitrogen functional groups attached to an aromatic ring is 1. The van der Waals surface area contributed by atoms with Gasteiger partial charge in [-0.2, -0.15) is 4.57 Å². The van der Waals surface area contributed by atoms with Crippen molar-refractivity contribution in [1.29, 1.82) is 0 Å². The number of hydrogen-bond donors (Lipinski definition) is 5. The molecule has 3 atom stereocenters. The molecule has 0 radical (unpaired) electrons. The molecule has 3 unspecified atom stereocenters. The third-order valence-corrected chi connectivity index (χ3v) is 9.02. The standard InChI is InChI=1S/C17H28N4O7P2S/c1-5-10(2)15(22)17-21(9-13-8-19-12(4)20-16(13)18)11(3)14(31-17)6-7-29(23,24)28-30(25,26)27/h8,10,15,22H,5-7,9H2,1-4H3,(H4-,18,19,20,23,24,25,26,27)/p+1. The molecule has 0 amide bonds. The molecule has 0 fully saturated rings. The van der Waals surface area contributed by atoms with Gasteiger partial charge in [-0.1, -0.05) is 31.6 Å². The van der Waals surface area contributed by atoms with Crippen LogP contribution in [0.4, 0.5) is 5.82 Å². The summed E-state index contributed by atoms with van der Waals surface area (Å²) in [6.45, 7) is 7.71. The van der Waals surface area contributed by atoms with Crippen molar-refractivity contribution in [1.82, 2.24) is 9.97 Å². The Balaban J connectivity index is 2.40. The minimum Gasteiger partial charge on any atom is -0.383 e. The predicted octanol–water partition coefficient (Wildman–Crippen LogP) is 1.99. The molecule has 2 rings (SSSR count). The quantitative estimate of drug-likeness (QED) is 0.242. The highest BCUT2D eigenvalue weighted by molar-refractivity contribution is 7.63. The number of anilines is 1. The first-order chi connectivity index (χ1) is 14.2. The van der Waals surface area contributed by atoms with E-state index in [0.29, 0.717) is 33.6 Å². The lowest BCUT2D eigenvalue weighted by atomic mass is 10.0. The van der Waals surface area contributed by atoms with Crippen LogP contribution in [0.15, 0.2) is 6.20 Å². The van der Waals surface area contributed by atoms with Crippen LogP contribution in [-0.2, 0) is 26.4 Å². The largest absolute Gasteiger partial charge is 0.476 e. The van der Waals surface area contributed by atoms with Gasteiger partial charge in [-0.3, -0.25) is 4.57 Å². The van der Waals surface area contributed by atoms with E-state index in [1.807, 2.05) is 18.4 Å². The van der Waals surface area contributed by atoms with Crippen molar-refractivity contribution in [3.63, 3.8) is 0 Å². The summed E-state index contributed by atoms with van der Waals surface area (Å²) in [5, 5.41) is 11.5. The molecule has 14 heteroatoms. The SMILES string of the molecule is CCC(C)C(O)c1sc(CCP(=O)(O)OP(=O)(O)O)c(C)[n+]1Cc1cnc(C)nc1N. The molecule has 11 nitrogen and oxygen atoms in total. The fourth-order valence-electron chi connectivity index (χ4n) is 2.94. The lowest BCUT2D eigenvalue weighted by Crippen LogP contribution is -2.41. The molecule has 6 N–H and O–H groups in total. The number of hydrogen-bond acceptors (Lipinski definition) is 8. The topological polar surface area (TPSA) is 180 Å². The second-order valence-corrected chi connectivity index (χ2v) is 11.8. The van der Waals surface area contributed by atoms with Crippen LogP contribution < -0.4 is 10.3 Å². The predicted molar refractivity (Wildman–Crippen MR) is 115 cm³/mol. The third kappa shape index (κ3) is 7.13. The molecule has 0 spiro atoms. The van der Waals surface area contributed by atoms with Crippen LogP contribution in [0.3, 0.4) is 0 Å². The Labute approximate surface area is 184 Å². The number of phosphoric acid groups is 1. The molecule has 174 valence electrons. The number of nitrogens with two attached hydrogens (primary N) is 1. The fraction of sp³-hybridized carbons (Fsp3) is 0.588. The van der Waals surface area contributed by atoms with E-state index in [1.54, 1.807) is 20.0 Å². The summed E-state index contributed by atoms with van der Waals surface area (Å²) in [5.74, 6) is 0.828. The minimum absolute atomic E-state index is 0.0364. The summed E-state index contributed by atoms with van der Waals surface area (Å²) in [4.78, 5) is 36.4. The second-order valence-electron chi connectivity index (χ2n) is 7.38. The van der Waals surface area contributed by atoms with Crippen LogP contribution in [0.1, 0.15) is 53.3 Å². The Morgan fingerprint density at radius 1 is 1.29 bits per heavy atom. The molecule has 0 aliphatic carbocycles. The number of thiazole rings is 1. The number of aromatic nitrogens is 3. The monoisotopic (exact) mass is 495 g/mol. The summed E-state index contributed by atoms with van der Waals surface area (Å²) in [5.41, 5.74) is 7.43. The van der Waals surface area contributed by atoms with Crippen molar-refractivity contribution in [2.24, 2.45) is 5.92 Å². The van der Waals surface area contributed by atoms with Gasteiger partial charge in [0.1, 0.15) is 11.6 Å². The molecule has 0 bridgehead atoms. The van der Waals surface area contributed by atoms with E-state index in [-0.39, 0.29) is 12.3 Å². The van der Waals surface area contributed by atoms with Gasteiger partial charge < -0.3 is 25.5 Å². The number of rotatable bonds is 10. The normalized spacial score (nSPS) is 16.1. The van der Waals surface area contributed by atoms with E-state index in [4.69, 9.17) is 15.5 Å². The first-order valence-electron chi connectivity index (χ1n) is 9.60. The van der Waals surface area contributed by atoms with Crippen LogP contribution >= 0.6 is 26.8 Å². The zero-order valence-electron chi connectivity index (χ0n) is 17.8. The van der Waals surface area contributed by atoms with Crippen molar-refractivity contribution in [3.8, 4) is 0 Å². The van der Waals surface area contributed by atoms with Crippen LogP contribution in [0.25, 0.3) is 0 Å². The summed E-state index contributed by atoms with van der Waals surface area (Å²) < 4.78 is 28.9. The fourth-order valence-corrected chi connectivity index (χ4v) is 6.63. The molecule has 2 heterocycles. The summed E-state index contributed by atoms with van der Waals surface area (Å²) >= 11 is 1.27. The van der Waals surface area contributed by atoms with E-state index in [1.165, 1.54) is 11.3 Å². The summed E-state index contributed by atoms with van der Waals surface area (Å²) in [6.07, 6.45) is 1.15. The molecular weight excluding hydrogens is 466 g/mol. The van der Waals surface area contributed by atoms with Crippen LogP contribution in [0, 0.1) is 19.8 Å². The van der Waals surface area contributed by atoms with Gasteiger partial charge in [0.05, 0.1) is 16.6 Å². The Hall–Kier alpha value is -1.23. The van der Waals surface area contributed by atoms with Gasteiger partial charge in [0, 0.05) is 13.1 Å². The summed E-state index contributed by atoms with van der Waals surface area (Å²) in [7, 11) is -9.60. The highest BCUT2D eigenvalue weighted by Gasteiger charge is 2.35. The van der Waals surface area contributed by atoms with E-state index >= 15 is 0 Å². The first-order valence-corrected chi connectivity index (χ1v) is 13.7. The number of aryl methyl sites for hydroxylation is 2. The molecule has 0 aromatic carbocycles. The van der Waals surface area contributed by atoms with Crippen LogP contribution in [-0.4, -0.2) is 35.9 Å². The van der Waals surface area contributed by atoms with Gasteiger partial charge in [0.2, 0.25) is 0 Å². The van der Waals surface area contributed by atoms with Crippen molar-refractivity contribution in [2.75, 3.05) is 11.9 Å².